The zero-order chi connectivity index (χ0) is 12.7. The third-order valence-electron chi connectivity index (χ3n) is 3.94. The van der Waals surface area contributed by atoms with Gasteiger partial charge in [-0.15, -0.1) is 0 Å². The van der Waals surface area contributed by atoms with Gasteiger partial charge in [-0.25, -0.2) is 0 Å². The first-order valence-electron chi connectivity index (χ1n) is 5.91. The van der Waals surface area contributed by atoms with Gasteiger partial charge < -0.3 is 4.12 Å². The van der Waals surface area contributed by atoms with E-state index in [1.54, 1.807) is 0 Å². The van der Waals surface area contributed by atoms with Gasteiger partial charge in [0.1, 0.15) is 0 Å². The van der Waals surface area contributed by atoms with Crippen LogP contribution in [0.4, 0.5) is 0 Å². The summed E-state index contributed by atoms with van der Waals surface area (Å²) in [7, 11) is -4.98. The van der Waals surface area contributed by atoms with Crippen molar-refractivity contribution in [3.05, 3.63) is 0 Å². The smallest absolute Gasteiger partial charge is 0.170 e. The quantitative estimate of drug-likeness (QED) is 0.699. The van der Waals surface area contributed by atoms with E-state index in [2.05, 4.69) is 65.5 Å². The molecule has 0 aliphatic heterocycles. The van der Waals surface area contributed by atoms with Gasteiger partial charge in [-0.1, -0.05) is 32.7 Å². The molecule has 0 bridgehead atoms. The van der Waals surface area contributed by atoms with Crippen LogP contribution >= 0.6 is 0 Å². The predicted octanol–water partition coefficient (Wildman–Crippen LogP) is 4.25. The van der Waals surface area contributed by atoms with Gasteiger partial charge in [0, 0.05) is 7.59 Å². The van der Waals surface area contributed by atoms with Gasteiger partial charge in [0.05, 0.1) is 7.11 Å². The summed E-state index contributed by atoms with van der Waals surface area (Å²) >= 11 is 0. The van der Waals surface area contributed by atoms with Gasteiger partial charge in [-0.2, -0.15) is 0 Å². The topological polar surface area (TPSA) is 9.23 Å². The Morgan fingerprint density at radius 1 is 0.600 bits per heavy atom. The van der Waals surface area contributed by atoms with E-state index in [9.17, 15) is 0 Å². The first-order valence-corrected chi connectivity index (χ1v) is 20.7. The minimum atomic E-state index is -1.44. The van der Waals surface area contributed by atoms with Crippen LogP contribution < -0.4 is 0 Å². The van der Waals surface area contributed by atoms with Crippen molar-refractivity contribution >= 4 is 30.9 Å². The van der Waals surface area contributed by atoms with E-state index in [-0.39, 0.29) is 0 Å². The molecule has 0 amide bonds. The predicted molar refractivity (Wildman–Crippen MR) is 82.7 cm³/mol. The maximum Gasteiger partial charge on any atom is 0.170 e. The zero-order valence-electron chi connectivity index (χ0n) is 12.4. The summed E-state index contributed by atoms with van der Waals surface area (Å²) in [6, 6.07) is 0. The van der Waals surface area contributed by atoms with Gasteiger partial charge in [-0.05, 0) is 32.7 Å². The molecule has 0 saturated carbocycles. The first kappa shape index (κ1) is 15.8. The lowest BCUT2D eigenvalue weighted by atomic mass is 11.8. The molecule has 1 nitrogen and oxygen atoms in total. The number of hydrogen-bond acceptors (Lipinski definition) is 1. The second-order valence-electron chi connectivity index (χ2n) is 7.60. The Balaban J connectivity index is 5.03. The Labute approximate surface area is 100 Å². The second kappa shape index (κ2) is 4.25. The Kier molecular flexibility index (Phi) is 4.48. The molecule has 0 aliphatic rings. The molecule has 0 aliphatic carbocycles. The Bertz CT molecular complexity index is 223. The molecule has 5 heteroatoms. The molecule has 0 aromatic carbocycles. The lowest BCUT2D eigenvalue weighted by Gasteiger charge is -2.48. The molecular formula is C10H30OSi4. The van der Waals surface area contributed by atoms with Crippen molar-refractivity contribution in [3.8, 4) is 0 Å². The molecule has 0 radical (unpaired) electrons. The van der Waals surface area contributed by atoms with E-state index in [1.165, 1.54) is 0 Å². The van der Waals surface area contributed by atoms with Gasteiger partial charge in [0.25, 0.3) is 0 Å². The number of rotatable bonds is 4. The number of hydrogen-bond donors (Lipinski definition) is 0. The van der Waals surface area contributed by atoms with Gasteiger partial charge in [0.15, 0.2) is 16.2 Å². The van der Waals surface area contributed by atoms with Crippen LogP contribution in [0.3, 0.4) is 0 Å². The fourth-order valence-electron chi connectivity index (χ4n) is 1.80. The lowest BCUT2D eigenvalue weighted by Crippen LogP contribution is -2.71. The first-order chi connectivity index (χ1) is 6.21. The fraction of sp³-hybridized carbons (Fsp3) is 1.00. The maximum atomic E-state index is 6.59. The summed E-state index contributed by atoms with van der Waals surface area (Å²) in [5.74, 6) is 0. The Morgan fingerprint density at radius 3 is 1.13 bits per heavy atom. The Hall–Kier alpha value is 0.828. The fourth-order valence-corrected chi connectivity index (χ4v) is 38.9. The molecule has 0 heterocycles. The lowest BCUT2D eigenvalue weighted by molar-refractivity contribution is 0.570. The average Bonchev–Trinajstić information content (AvgIpc) is 1.77. The summed E-state index contributed by atoms with van der Waals surface area (Å²) < 4.78 is 6.59. The van der Waals surface area contributed by atoms with Crippen molar-refractivity contribution in [1.29, 1.82) is 0 Å². The monoisotopic (exact) mass is 278 g/mol. The molecule has 92 valence electrons. The SMILES string of the molecule is C[Si](C)(C)O[Si](C)(C)[Si](C)(C)[Si](C)(C)C. The van der Waals surface area contributed by atoms with E-state index < -0.39 is 30.9 Å². The van der Waals surface area contributed by atoms with E-state index in [4.69, 9.17) is 4.12 Å². The van der Waals surface area contributed by atoms with Crippen LogP contribution in [0.25, 0.3) is 0 Å². The molecule has 0 unspecified atom stereocenters. The van der Waals surface area contributed by atoms with Crippen molar-refractivity contribution in [2.24, 2.45) is 0 Å². The van der Waals surface area contributed by atoms with Crippen LogP contribution in [0.15, 0.2) is 0 Å². The molecule has 0 rings (SSSR count). The highest BCUT2D eigenvalue weighted by atomic mass is 29.6. The summed E-state index contributed by atoms with van der Waals surface area (Å²) in [5, 5.41) is 0. The Morgan fingerprint density at radius 2 is 0.933 bits per heavy atom. The summed E-state index contributed by atoms with van der Waals surface area (Å²) in [5.41, 5.74) is 0. The largest absolute Gasteiger partial charge is 0.458 e. The molecule has 0 fully saturated rings. The van der Waals surface area contributed by atoms with Crippen molar-refractivity contribution in [3.63, 3.8) is 0 Å². The second-order valence-corrected chi connectivity index (χ2v) is 40.5. The highest BCUT2D eigenvalue weighted by Crippen LogP contribution is 2.31. The molecule has 0 spiro atoms. The minimum Gasteiger partial charge on any atom is -0.458 e. The molecular weight excluding hydrogens is 248 g/mol. The van der Waals surface area contributed by atoms with Crippen LogP contribution in [-0.2, 0) is 4.12 Å². The third-order valence-corrected chi connectivity index (χ3v) is 48.6. The minimum absolute atomic E-state index is 1.02. The van der Waals surface area contributed by atoms with Crippen LogP contribution in [0.1, 0.15) is 0 Å². The van der Waals surface area contributed by atoms with Gasteiger partial charge in [0.2, 0.25) is 0 Å². The van der Waals surface area contributed by atoms with E-state index in [0.717, 1.165) is 0 Å². The highest BCUT2D eigenvalue weighted by molar-refractivity contribution is 7.67. The van der Waals surface area contributed by atoms with Gasteiger partial charge in [-0.3, -0.25) is 0 Å². The molecule has 0 aromatic rings. The van der Waals surface area contributed by atoms with Crippen molar-refractivity contribution in [2.45, 2.75) is 65.5 Å². The molecule has 0 atom stereocenters. The van der Waals surface area contributed by atoms with E-state index >= 15 is 0 Å². The summed E-state index contributed by atoms with van der Waals surface area (Å²) in [4.78, 5) is 0. The van der Waals surface area contributed by atoms with Crippen molar-refractivity contribution < 1.29 is 4.12 Å². The maximum absolute atomic E-state index is 6.59. The van der Waals surface area contributed by atoms with Gasteiger partial charge >= 0.3 is 0 Å². The normalized spacial score (nSPS) is 15.6. The highest BCUT2D eigenvalue weighted by Gasteiger charge is 2.52. The van der Waals surface area contributed by atoms with Crippen LogP contribution in [0, 0.1) is 0 Å². The summed E-state index contributed by atoms with van der Waals surface area (Å²) in [6.45, 7) is 24.7. The zero-order valence-corrected chi connectivity index (χ0v) is 16.4. The summed E-state index contributed by atoms with van der Waals surface area (Å²) in [6.07, 6.45) is 0. The van der Waals surface area contributed by atoms with Crippen LogP contribution in [0.2, 0.25) is 65.5 Å². The van der Waals surface area contributed by atoms with E-state index in [0.29, 0.717) is 0 Å². The molecule has 0 saturated heterocycles. The van der Waals surface area contributed by atoms with E-state index in [1.807, 2.05) is 0 Å². The van der Waals surface area contributed by atoms with Crippen LogP contribution in [-0.4, -0.2) is 30.9 Å². The van der Waals surface area contributed by atoms with Crippen molar-refractivity contribution in [1.82, 2.24) is 0 Å². The standard InChI is InChI=1S/C10H30OSi4/c1-12(2,3)11-14(7,8)15(9,10)13(4,5)6/h1-10H3. The van der Waals surface area contributed by atoms with Crippen molar-refractivity contribution in [2.75, 3.05) is 0 Å². The third kappa shape index (κ3) is 3.96. The van der Waals surface area contributed by atoms with Crippen LogP contribution in [0.5, 0.6) is 0 Å². The molecule has 15 heavy (non-hydrogen) atoms. The molecule has 0 aromatic heterocycles. The molecule has 0 N–H and O–H groups in total. The average molecular weight is 279 g/mol.